The Morgan fingerprint density at radius 1 is 1.11 bits per heavy atom. The number of nitrogens with one attached hydrogen (secondary N) is 1. The summed E-state index contributed by atoms with van der Waals surface area (Å²) < 4.78 is 13.5. The molecule has 0 saturated heterocycles. The quantitative estimate of drug-likeness (QED) is 0.801. The van der Waals surface area contributed by atoms with Crippen LogP contribution in [0.2, 0.25) is 0 Å². The first-order chi connectivity index (χ1) is 8.52. The van der Waals surface area contributed by atoms with Crippen molar-refractivity contribution in [3.63, 3.8) is 0 Å². The third kappa shape index (κ3) is 5.02. The number of nitrogens with zero attached hydrogens (tertiary/aromatic N) is 2. The third-order valence-electron chi connectivity index (χ3n) is 2.86. The van der Waals surface area contributed by atoms with Gasteiger partial charge >= 0.3 is 0 Å². The van der Waals surface area contributed by atoms with E-state index in [-0.39, 0.29) is 5.82 Å². The molecule has 0 aliphatic rings. The average molecular weight is 253 g/mol. The van der Waals surface area contributed by atoms with Gasteiger partial charge in [-0.05, 0) is 57.9 Å². The van der Waals surface area contributed by atoms with Crippen molar-refractivity contribution in [3.8, 4) is 0 Å². The van der Waals surface area contributed by atoms with Crippen LogP contribution in [0, 0.1) is 5.82 Å². The summed E-state index contributed by atoms with van der Waals surface area (Å²) in [4.78, 5) is 4.26. The number of hydrogen-bond acceptors (Lipinski definition) is 3. The smallest absolute Gasteiger partial charge is 0.125 e. The van der Waals surface area contributed by atoms with Gasteiger partial charge in [0.15, 0.2) is 0 Å². The number of hydrogen-bond donors (Lipinski definition) is 1. The van der Waals surface area contributed by atoms with Crippen LogP contribution < -0.4 is 10.2 Å². The lowest BCUT2D eigenvalue weighted by atomic mass is 10.1. The first kappa shape index (κ1) is 14.9. The topological polar surface area (TPSA) is 18.5 Å². The predicted octanol–water partition coefficient (Wildman–Crippen LogP) is 1.93. The maximum Gasteiger partial charge on any atom is 0.125 e. The molecule has 0 radical (unpaired) electrons. The van der Waals surface area contributed by atoms with Gasteiger partial charge in [-0.1, -0.05) is 0 Å². The van der Waals surface area contributed by atoms with Gasteiger partial charge in [0.2, 0.25) is 0 Å². The minimum absolute atomic E-state index is 0.169. The van der Waals surface area contributed by atoms with Crippen molar-refractivity contribution in [1.29, 1.82) is 0 Å². The molecule has 0 aliphatic heterocycles. The Hall–Kier alpha value is -1.13. The van der Waals surface area contributed by atoms with Crippen LogP contribution >= 0.6 is 0 Å². The Balaban J connectivity index is 2.63. The summed E-state index contributed by atoms with van der Waals surface area (Å²) in [7, 11) is 8.00. The molecular formula is C14H24FN3. The average Bonchev–Trinajstić information content (AvgIpc) is 2.28. The molecule has 0 aliphatic carbocycles. The highest BCUT2D eigenvalue weighted by molar-refractivity contribution is 5.48. The summed E-state index contributed by atoms with van der Waals surface area (Å²) in [5.41, 5.74) is 1.92. The van der Waals surface area contributed by atoms with Gasteiger partial charge in [0, 0.05) is 25.8 Å². The zero-order chi connectivity index (χ0) is 13.5. The minimum atomic E-state index is -0.169. The second-order valence-electron chi connectivity index (χ2n) is 4.93. The van der Waals surface area contributed by atoms with Gasteiger partial charge in [-0.15, -0.1) is 0 Å². The summed E-state index contributed by atoms with van der Waals surface area (Å²) in [6, 6.07) is 5.21. The van der Waals surface area contributed by atoms with E-state index in [0.29, 0.717) is 6.54 Å². The summed E-state index contributed by atoms with van der Waals surface area (Å²) in [5.74, 6) is -0.169. The van der Waals surface area contributed by atoms with Crippen LogP contribution in [0.25, 0.3) is 0 Å². The number of halogens is 1. The first-order valence-electron chi connectivity index (χ1n) is 6.33. The Bertz CT molecular complexity index is 366. The lowest BCUT2D eigenvalue weighted by molar-refractivity contribution is 0.401. The third-order valence-corrected chi connectivity index (χ3v) is 2.86. The predicted molar refractivity (Wildman–Crippen MR) is 75.6 cm³/mol. The van der Waals surface area contributed by atoms with Crippen molar-refractivity contribution in [2.75, 3.05) is 46.2 Å². The zero-order valence-electron chi connectivity index (χ0n) is 11.8. The van der Waals surface area contributed by atoms with Crippen LogP contribution in [0.15, 0.2) is 18.2 Å². The van der Waals surface area contributed by atoms with E-state index < -0.39 is 0 Å². The summed E-state index contributed by atoms with van der Waals surface area (Å²) in [5, 5.41) is 3.04. The Kier molecular flexibility index (Phi) is 6.09. The molecule has 1 rings (SSSR count). The van der Waals surface area contributed by atoms with Gasteiger partial charge in [0.1, 0.15) is 5.82 Å². The molecule has 1 aromatic rings. The molecule has 1 aromatic carbocycles. The number of anilines is 1. The zero-order valence-corrected chi connectivity index (χ0v) is 11.8. The SMILES string of the molecule is CNCc1cc(F)cc(N(C)CCCN(C)C)c1. The second-order valence-corrected chi connectivity index (χ2v) is 4.93. The van der Waals surface area contributed by atoms with E-state index >= 15 is 0 Å². The van der Waals surface area contributed by atoms with Crippen molar-refractivity contribution in [2.24, 2.45) is 0 Å². The van der Waals surface area contributed by atoms with Crippen LogP contribution in [0.5, 0.6) is 0 Å². The fraction of sp³-hybridized carbons (Fsp3) is 0.571. The number of benzene rings is 1. The molecule has 0 fully saturated rings. The Labute approximate surface area is 110 Å². The lowest BCUT2D eigenvalue weighted by Crippen LogP contribution is -2.23. The van der Waals surface area contributed by atoms with Gasteiger partial charge in [-0.25, -0.2) is 4.39 Å². The van der Waals surface area contributed by atoms with Crippen LogP contribution in [0.4, 0.5) is 10.1 Å². The van der Waals surface area contributed by atoms with Crippen molar-refractivity contribution in [2.45, 2.75) is 13.0 Å². The van der Waals surface area contributed by atoms with E-state index in [1.165, 1.54) is 0 Å². The van der Waals surface area contributed by atoms with E-state index in [0.717, 1.165) is 30.8 Å². The minimum Gasteiger partial charge on any atom is -0.374 e. The Morgan fingerprint density at radius 2 is 1.83 bits per heavy atom. The van der Waals surface area contributed by atoms with Crippen LogP contribution in [-0.2, 0) is 6.54 Å². The van der Waals surface area contributed by atoms with Crippen molar-refractivity contribution in [3.05, 3.63) is 29.6 Å². The monoisotopic (exact) mass is 253 g/mol. The molecule has 4 heteroatoms. The van der Waals surface area contributed by atoms with E-state index in [9.17, 15) is 4.39 Å². The molecule has 3 nitrogen and oxygen atoms in total. The van der Waals surface area contributed by atoms with E-state index in [1.807, 2.05) is 20.2 Å². The van der Waals surface area contributed by atoms with Crippen LogP contribution in [-0.4, -0.2) is 46.2 Å². The molecular weight excluding hydrogens is 229 g/mol. The standard InChI is InChI=1S/C14H24FN3/c1-16-11-12-8-13(15)10-14(9-12)18(4)7-5-6-17(2)3/h8-10,16H,5-7,11H2,1-4H3. The molecule has 0 heterocycles. The second kappa shape index (κ2) is 7.34. The molecule has 0 aromatic heterocycles. The van der Waals surface area contributed by atoms with Gasteiger partial charge in [-0.3, -0.25) is 0 Å². The van der Waals surface area contributed by atoms with Gasteiger partial charge in [-0.2, -0.15) is 0 Å². The molecule has 1 N–H and O–H groups in total. The summed E-state index contributed by atoms with van der Waals surface area (Å²) in [6.45, 7) is 2.67. The number of rotatable bonds is 7. The highest BCUT2D eigenvalue weighted by atomic mass is 19.1. The molecule has 18 heavy (non-hydrogen) atoms. The molecule has 0 atom stereocenters. The van der Waals surface area contributed by atoms with Crippen molar-refractivity contribution < 1.29 is 4.39 Å². The molecule has 0 saturated carbocycles. The van der Waals surface area contributed by atoms with Crippen molar-refractivity contribution >= 4 is 5.69 Å². The van der Waals surface area contributed by atoms with Gasteiger partial charge in [0.05, 0.1) is 0 Å². The van der Waals surface area contributed by atoms with Crippen LogP contribution in [0.1, 0.15) is 12.0 Å². The fourth-order valence-electron chi connectivity index (χ4n) is 1.91. The van der Waals surface area contributed by atoms with Crippen molar-refractivity contribution in [1.82, 2.24) is 10.2 Å². The largest absolute Gasteiger partial charge is 0.374 e. The normalized spacial score (nSPS) is 11.0. The summed E-state index contributed by atoms with van der Waals surface area (Å²) >= 11 is 0. The summed E-state index contributed by atoms with van der Waals surface area (Å²) in [6.07, 6.45) is 1.07. The maximum absolute atomic E-state index is 13.5. The maximum atomic E-state index is 13.5. The van der Waals surface area contributed by atoms with Gasteiger partial charge in [0.25, 0.3) is 0 Å². The van der Waals surface area contributed by atoms with E-state index in [4.69, 9.17) is 0 Å². The Morgan fingerprint density at radius 3 is 2.44 bits per heavy atom. The molecule has 0 spiro atoms. The van der Waals surface area contributed by atoms with Gasteiger partial charge < -0.3 is 15.1 Å². The van der Waals surface area contributed by atoms with Crippen LogP contribution in [0.3, 0.4) is 0 Å². The first-order valence-corrected chi connectivity index (χ1v) is 6.33. The van der Waals surface area contributed by atoms with E-state index in [2.05, 4.69) is 29.2 Å². The van der Waals surface area contributed by atoms with E-state index in [1.54, 1.807) is 12.1 Å². The highest BCUT2D eigenvalue weighted by Gasteiger charge is 2.05. The molecule has 0 amide bonds. The molecule has 0 bridgehead atoms. The lowest BCUT2D eigenvalue weighted by Gasteiger charge is -2.21. The highest BCUT2D eigenvalue weighted by Crippen LogP contribution is 2.17. The molecule has 0 unspecified atom stereocenters. The molecule has 102 valence electrons. The fourth-order valence-corrected chi connectivity index (χ4v) is 1.91.